The minimum absolute atomic E-state index is 0.163. The molecule has 2 fully saturated rings. The van der Waals surface area contributed by atoms with E-state index in [1.165, 1.54) is 6.42 Å². The van der Waals surface area contributed by atoms with E-state index >= 15 is 0 Å². The van der Waals surface area contributed by atoms with Gasteiger partial charge in [-0.1, -0.05) is 0 Å². The van der Waals surface area contributed by atoms with Gasteiger partial charge in [0.15, 0.2) is 0 Å². The van der Waals surface area contributed by atoms with Crippen molar-refractivity contribution in [2.24, 2.45) is 23.0 Å². The number of fused-ring (bicyclic) bond motifs is 1. The number of rotatable bonds is 4. The molecule has 2 rings (SSSR count). The van der Waals surface area contributed by atoms with Crippen molar-refractivity contribution in [3.05, 3.63) is 0 Å². The SMILES string of the molecule is NCC1(COCC(F)(F)F)CC2CC2C1. The summed E-state index contributed by atoms with van der Waals surface area (Å²) in [4.78, 5) is 0. The van der Waals surface area contributed by atoms with E-state index < -0.39 is 12.8 Å². The Hall–Kier alpha value is -0.290. The second-order valence-electron chi connectivity index (χ2n) is 4.98. The lowest BCUT2D eigenvalue weighted by atomic mass is 9.84. The third-order valence-corrected chi connectivity index (χ3v) is 3.57. The molecule has 5 heteroatoms. The lowest BCUT2D eigenvalue weighted by Crippen LogP contribution is -2.35. The van der Waals surface area contributed by atoms with Crippen LogP contribution in [0, 0.1) is 17.3 Å². The van der Waals surface area contributed by atoms with Gasteiger partial charge in [0.1, 0.15) is 6.61 Å². The van der Waals surface area contributed by atoms with Crippen LogP contribution < -0.4 is 5.73 Å². The molecule has 0 saturated heterocycles. The molecule has 0 aromatic carbocycles. The quantitative estimate of drug-likeness (QED) is 0.790. The van der Waals surface area contributed by atoms with Crippen molar-refractivity contribution in [3.8, 4) is 0 Å². The Balaban J connectivity index is 1.77. The van der Waals surface area contributed by atoms with E-state index in [4.69, 9.17) is 10.5 Å². The zero-order chi connectivity index (χ0) is 11.1. The molecule has 0 spiro atoms. The highest BCUT2D eigenvalue weighted by molar-refractivity contribution is 5.03. The Morgan fingerprint density at radius 3 is 2.33 bits per heavy atom. The topological polar surface area (TPSA) is 35.2 Å². The highest BCUT2D eigenvalue weighted by Gasteiger charge is 2.53. The van der Waals surface area contributed by atoms with Crippen LogP contribution in [0.25, 0.3) is 0 Å². The lowest BCUT2D eigenvalue weighted by molar-refractivity contribution is -0.180. The van der Waals surface area contributed by atoms with Gasteiger partial charge in [-0.3, -0.25) is 0 Å². The van der Waals surface area contributed by atoms with Crippen molar-refractivity contribution in [1.29, 1.82) is 0 Å². The van der Waals surface area contributed by atoms with Crippen LogP contribution in [0.3, 0.4) is 0 Å². The van der Waals surface area contributed by atoms with Crippen LogP contribution in [-0.2, 0) is 4.74 Å². The van der Waals surface area contributed by atoms with E-state index in [1.54, 1.807) is 0 Å². The van der Waals surface area contributed by atoms with E-state index in [1.807, 2.05) is 0 Å². The van der Waals surface area contributed by atoms with Crippen molar-refractivity contribution >= 4 is 0 Å². The van der Waals surface area contributed by atoms with Gasteiger partial charge in [0.25, 0.3) is 0 Å². The number of hydrogen-bond donors (Lipinski definition) is 1. The summed E-state index contributed by atoms with van der Waals surface area (Å²) in [5.74, 6) is 1.42. The van der Waals surface area contributed by atoms with Crippen LogP contribution in [0.15, 0.2) is 0 Å². The Bertz CT molecular complexity index is 231. The van der Waals surface area contributed by atoms with Crippen LogP contribution in [-0.4, -0.2) is 25.9 Å². The number of hydrogen-bond acceptors (Lipinski definition) is 2. The molecular formula is C10H16F3NO. The van der Waals surface area contributed by atoms with Crippen molar-refractivity contribution in [2.45, 2.75) is 25.4 Å². The molecule has 2 nitrogen and oxygen atoms in total. The van der Waals surface area contributed by atoms with Crippen molar-refractivity contribution in [2.75, 3.05) is 19.8 Å². The third-order valence-electron chi connectivity index (χ3n) is 3.57. The van der Waals surface area contributed by atoms with Crippen molar-refractivity contribution < 1.29 is 17.9 Å². The summed E-state index contributed by atoms with van der Waals surface area (Å²) < 4.78 is 40.4. The molecule has 2 N–H and O–H groups in total. The maximum Gasteiger partial charge on any atom is 0.411 e. The van der Waals surface area contributed by atoms with Crippen LogP contribution in [0.2, 0.25) is 0 Å². The van der Waals surface area contributed by atoms with Crippen LogP contribution in [0.5, 0.6) is 0 Å². The molecule has 0 bridgehead atoms. The van der Waals surface area contributed by atoms with Gasteiger partial charge in [0.05, 0.1) is 6.61 Å². The summed E-state index contributed by atoms with van der Waals surface area (Å²) in [6.45, 7) is -0.544. The molecule has 0 amide bonds. The summed E-state index contributed by atoms with van der Waals surface area (Å²) in [6.07, 6.45) is -1.09. The number of ether oxygens (including phenoxy) is 1. The van der Waals surface area contributed by atoms with E-state index in [0.717, 1.165) is 12.8 Å². The van der Waals surface area contributed by atoms with Gasteiger partial charge >= 0.3 is 6.18 Å². The first-order chi connectivity index (χ1) is 6.94. The average Bonchev–Trinajstić information content (AvgIpc) is 2.73. The van der Waals surface area contributed by atoms with Gasteiger partial charge in [-0.05, 0) is 31.1 Å². The number of alkyl halides is 3. The van der Waals surface area contributed by atoms with E-state index in [2.05, 4.69) is 0 Å². The van der Waals surface area contributed by atoms with Gasteiger partial charge in [0, 0.05) is 12.0 Å². The zero-order valence-electron chi connectivity index (χ0n) is 8.52. The van der Waals surface area contributed by atoms with E-state index in [9.17, 15) is 13.2 Å². The van der Waals surface area contributed by atoms with Crippen molar-refractivity contribution in [3.63, 3.8) is 0 Å². The van der Waals surface area contributed by atoms with E-state index in [0.29, 0.717) is 18.4 Å². The molecule has 0 radical (unpaired) electrons. The second-order valence-corrected chi connectivity index (χ2v) is 4.98. The molecule has 15 heavy (non-hydrogen) atoms. The average molecular weight is 223 g/mol. The first-order valence-corrected chi connectivity index (χ1v) is 5.29. The van der Waals surface area contributed by atoms with Gasteiger partial charge in [-0.25, -0.2) is 0 Å². The lowest BCUT2D eigenvalue weighted by Gasteiger charge is -2.29. The standard InChI is InChI=1S/C10H16F3NO/c11-10(12,13)6-15-5-9(4-14)2-7-1-8(7)3-9/h7-8H,1-6,14H2. The number of halogens is 3. The molecule has 2 atom stereocenters. The molecule has 0 aliphatic heterocycles. The summed E-state index contributed by atoms with van der Waals surface area (Å²) in [5, 5.41) is 0. The maximum absolute atomic E-state index is 11.9. The molecule has 88 valence electrons. The summed E-state index contributed by atoms with van der Waals surface area (Å²) >= 11 is 0. The molecule has 2 aliphatic rings. The monoisotopic (exact) mass is 223 g/mol. The minimum atomic E-state index is -4.22. The van der Waals surface area contributed by atoms with E-state index in [-0.39, 0.29) is 12.0 Å². The highest BCUT2D eigenvalue weighted by Crippen LogP contribution is 2.59. The molecular weight excluding hydrogens is 207 g/mol. The van der Waals surface area contributed by atoms with Crippen LogP contribution in [0.4, 0.5) is 13.2 Å². The Morgan fingerprint density at radius 2 is 1.87 bits per heavy atom. The smallest absolute Gasteiger partial charge is 0.371 e. The molecule has 0 heterocycles. The predicted octanol–water partition coefficient (Wildman–Crippen LogP) is 1.94. The predicted molar refractivity (Wildman–Crippen MR) is 49.2 cm³/mol. The Morgan fingerprint density at radius 1 is 1.27 bits per heavy atom. The minimum Gasteiger partial charge on any atom is -0.371 e. The number of nitrogens with two attached hydrogens (primary N) is 1. The largest absolute Gasteiger partial charge is 0.411 e. The molecule has 0 aromatic rings. The molecule has 2 aliphatic carbocycles. The molecule has 2 unspecified atom stereocenters. The van der Waals surface area contributed by atoms with Crippen LogP contribution >= 0.6 is 0 Å². The summed E-state index contributed by atoms with van der Waals surface area (Å²) in [6, 6.07) is 0. The van der Waals surface area contributed by atoms with Gasteiger partial charge in [-0.2, -0.15) is 13.2 Å². The summed E-state index contributed by atoms with van der Waals surface area (Å²) in [5.41, 5.74) is 5.47. The molecule has 0 aromatic heterocycles. The zero-order valence-corrected chi connectivity index (χ0v) is 8.52. The van der Waals surface area contributed by atoms with Crippen molar-refractivity contribution in [1.82, 2.24) is 0 Å². The normalized spacial score (nSPS) is 39.2. The fourth-order valence-electron chi connectivity index (χ4n) is 2.73. The second kappa shape index (κ2) is 3.63. The summed E-state index contributed by atoms with van der Waals surface area (Å²) in [7, 11) is 0. The van der Waals surface area contributed by atoms with Gasteiger partial charge in [-0.15, -0.1) is 0 Å². The van der Waals surface area contributed by atoms with Gasteiger partial charge < -0.3 is 10.5 Å². The first kappa shape index (κ1) is 11.2. The third kappa shape index (κ3) is 2.64. The fourth-order valence-corrected chi connectivity index (χ4v) is 2.73. The van der Waals surface area contributed by atoms with Crippen LogP contribution in [0.1, 0.15) is 19.3 Å². The Kier molecular flexibility index (Phi) is 2.71. The molecule has 2 saturated carbocycles. The fraction of sp³-hybridized carbons (Fsp3) is 1.00. The van der Waals surface area contributed by atoms with Gasteiger partial charge in [0.2, 0.25) is 0 Å². The maximum atomic E-state index is 11.9. The first-order valence-electron chi connectivity index (χ1n) is 5.29. The highest BCUT2D eigenvalue weighted by atomic mass is 19.4. The Labute approximate surface area is 87.0 Å².